The van der Waals surface area contributed by atoms with Crippen LogP contribution in [-0.4, -0.2) is 77.3 Å². The first-order valence-corrected chi connectivity index (χ1v) is 12.6. The lowest BCUT2D eigenvalue weighted by atomic mass is 10.3. The second kappa shape index (κ2) is 13.1. The molecule has 0 bridgehead atoms. The highest BCUT2D eigenvalue weighted by Gasteiger charge is 2.38. The van der Waals surface area contributed by atoms with Crippen molar-refractivity contribution in [2.45, 2.75) is 11.2 Å². The Labute approximate surface area is 206 Å². The van der Waals surface area contributed by atoms with E-state index in [4.69, 9.17) is 24.4 Å². The molecular formula is C16H20F3N6O10PS. The molecule has 2 amide bonds. The van der Waals surface area contributed by atoms with Crippen molar-refractivity contribution in [2.24, 2.45) is 0 Å². The zero-order chi connectivity index (χ0) is 28.4. The zero-order valence-electron chi connectivity index (χ0n) is 18.8. The third kappa shape index (κ3) is 11.3. The third-order valence-corrected chi connectivity index (χ3v) is 5.40. The van der Waals surface area contributed by atoms with Crippen LogP contribution in [0.5, 0.6) is 11.8 Å². The number of alkyl halides is 3. The summed E-state index contributed by atoms with van der Waals surface area (Å²) in [6.45, 7) is -0.439. The molecule has 206 valence electrons. The number of hydrogen-bond donors (Lipinski definition) is 6. The molecule has 0 saturated heterocycles. The number of nitrogens with one attached hydrogen (secondary N) is 3. The second-order valence-electron chi connectivity index (χ2n) is 6.33. The van der Waals surface area contributed by atoms with E-state index in [1.807, 2.05) is 5.32 Å². The van der Waals surface area contributed by atoms with Gasteiger partial charge in [-0.2, -0.15) is 31.6 Å². The predicted octanol–water partition coefficient (Wildman–Crippen LogP) is 0.214. The van der Waals surface area contributed by atoms with Gasteiger partial charge >= 0.3 is 25.8 Å². The Morgan fingerprint density at radius 3 is 2.16 bits per heavy atom. The molecule has 37 heavy (non-hydrogen) atoms. The van der Waals surface area contributed by atoms with E-state index in [1.165, 1.54) is 25.0 Å². The molecule has 21 heteroatoms. The molecule has 0 atom stereocenters. The number of aliphatic carboxylic acids is 1. The number of halogens is 3. The lowest BCUT2D eigenvalue weighted by Crippen LogP contribution is -2.36. The van der Waals surface area contributed by atoms with Gasteiger partial charge in [0, 0.05) is 6.20 Å². The first-order chi connectivity index (χ1) is 17.0. The molecule has 2 heterocycles. The van der Waals surface area contributed by atoms with E-state index in [-0.39, 0.29) is 11.8 Å². The number of carbonyl (C=O) groups excluding carboxylic acids is 1. The van der Waals surface area contributed by atoms with Gasteiger partial charge in [-0.15, -0.1) is 0 Å². The number of rotatable bonds is 9. The number of carboxylic acids is 1. The van der Waals surface area contributed by atoms with Crippen LogP contribution in [0.2, 0.25) is 0 Å². The summed E-state index contributed by atoms with van der Waals surface area (Å²) in [6.07, 6.45) is -4.74. The summed E-state index contributed by atoms with van der Waals surface area (Å²) in [7, 11) is -6.49. The highest BCUT2D eigenvalue weighted by molar-refractivity contribution is 7.90. The Kier molecular flexibility index (Phi) is 11.1. The fourth-order valence-electron chi connectivity index (χ4n) is 2.10. The van der Waals surface area contributed by atoms with Crippen molar-refractivity contribution in [3.63, 3.8) is 0 Å². The van der Waals surface area contributed by atoms with Crippen LogP contribution in [0.15, 0.2) is 29.4 Å². The first-order valence-electron chi connectivity index (χ1n) is 9.28. The van der Waals surface area contributed by atoms with E-state index in [2.05, 4.69) is 20.3 Å². The molecule has 2 aromatic heterocycles. The van der Waals surface area contributed by atoms with Gasteiger partial charge in [0.25, 0.3) is 10.0 Å². The van der Waals surface area contributed by atoms with E-state index in [9.17, 15) is 35.7 Å². The number of carboxylic acid groups (broad SMARTS) is 1. The highest BCUT2D eigenvalue weighted by atomic mass is 32.2. The van der Waals surface area contributed by atoms with Gasteiger partial charge in [-0.3, -0.25) is 20.0 Å². The largest absolute Gasteiger partial charge is 0.481 e. The van der Waals surface area contributed by atoms with Crippen LogP contribution in [-0.2, 0) is 25.6 Å². The number of amides is 2. The molecule has 0 fully saturated rings. The molecule has 0 aromatic carbocycles. The first kappa shape index (κ1) is 31.4. The summed E-state index contributed by atoms with van der Waals surface area (Å²) in [6, 6.07) is 1.31. The van der Waals surface area contributed by atoms with Gasteiger partial charge in [0.15, 0.2) is 5.03 Å². The maximum Gasteiger partial charge on any atom is 0.419 e. The molecule has 0 aliphatic heterocycles. The summed E-state index contributed by atoms with van der Waals surface area (Å²) in [5.74, 6) is -1.57. The normalized spacial score (nSPS) is 11.5. The lowest BCUT2D eigenvalue weighted by Gasteiger charge is -2.13. The molecule has 16 nitrogen and oxygen atoms in total. The van der Waals surface area contributed by atoms with Gasteiger partial charge in [-0.05, 0) is 12.1 Å². The summed E-state index contributed by atoms with van der Waals surface area (Å²) in [4.78, 5) is 48.7. The van der Waals surface area contributed by atoms with E-state index in [1.54, 1.807) is 0 Å². The monoisotopic (exact) mass is 576 g/mol. The third-order valence-electron chi connectivity index (χ3n) is 3.47. The molecule has 0 aliphatic carbocycles. The minimum Gasteiger partial charge on any atom is -0.481 e. The standard InChI is InChI=1S/C13H12F3N5O5S.C3H8NO5P/c1-25-8-6-9(26-2)19-11(18-8)20-12(22)21-27(23,24)10-7(13(14,15)16)4-3-5-17-10;5-3(6)1-4-2-10(7,8)9/h3-6H,1-2H3,(H2,18,19,20,21,22);4H,1-2H2,(H,5,6)(H2,7,8,9). The lowest BCUT2D eigenvalue weighted by molar-refractivity contribution is -0.140. The molecule has 0 spiro atoms. The predicted molar refractivity (Wildman–Crippen MR) is 116 cm³/mol. The summed E-state index contributed by atoms with van der Waals surface area (Å²) < 4.78 is 84.2. The summed E-state index contributed by atoms with van der Waals surface area (Å²) in [5.41, 5.74) is -1.52. The van der Waals surface area contributed by atoms with Gasteiger partial charge in [-0.1, -0.05) is 0 Å². The van der Waals surface area contributed by atoms with E-state index in [0.29, 0.717) is 6.07 Å². The second-order valence-corrected chi connectivity index (χ2v) is 9.58. The van der Waals surface area contributed by atoms with Gasteiger partial charge in [0.05, 0.1) is 38.7 Å². The van der Waals surface area contributed by atoms with Gasteiger partial charge in [-0.25, -0.2) is 14.5 Å². The fraction of sp³-hybridized carbons (Fsp3) is 0.312. The fourth-order valence-corrected chi connectivity index (χ4v) is 3.56. The van der Waals surface area contributed by atoms with Crippen LogP contribution in [0.25, 0.3) is 0 Å². The van der Waals surface area contributed by atoms with Crippen LogP contribution in [0, 0.1) is 0 Å². The average molecular weight is 576 g/mol. The Hall–Kier alpha value is -3.58. The van der Waals surface area contributed by atoms with Gasteiger partial charge in [0.1, 0.15) is 0 Å². The number of sulfonamides is 1. The molecule has 2 rings (SSSR count). The number of hydrogen-bond acceptors (Lipinski definition) is 11. The van der Waals surface area contributed by atoms with E-state index < -0.39 is 65.2 Å². The van der Waals surface area contributed by atoms with Gasteiger partial charge in [0.2, 0.25) is 17.7 Å². The number of urea groups is 1. The number of ether oxygens (including phenoxy) is 2. The van der Waals surface area contributed by atoms with Crippen LogP contribution >= 0.6 is 7.60 Å². The number of anilines is 1. The van der Waals surface area contributed by atoms with Crippen molar-refractivity contribution < 1.29 is 60.1 Å². The van der Waals surface area contributed by atoms with Crippen molar-refractivity contribution in [2.75, 3.05) is 32.4 Å². The van der Waals surface area contributed by atoms with Crippen molar-refractivity contribution in [1.82, 2.24) is 25.0 Å². The Balaban J connectivity index is 0.000000580. The van der Waals surface area contributed by atoms with E-state index >= 15 is 0 Å². The number of aromatic nitrogens is 3. The van der Waals surface area contributed by atoms with Crippen LogP contribution < -0.4 is 24.8 Å². The van der Waals surface area contributed by atoms with Crippen LogP contribution in [0.1, 0.15) is 5.56 Å². The smallest absolute Gasteiger partial charge is 0.419 e. The Bertz CT molecular complexity index is 1240. The molecule has 0 radical (unpaired) electrons. The van der Waals surface area contributed by atoms with Crippen LogP contribution in [0.3, 0.4) is 0 Å². The average Bonchev–Trinajstić information content (AvgIpc) is 2.77. The zero-order valence-corrected chi connectivity index (χ0v) is 20.5. The Morgan fingerprint density at radius 1 is 1.14 bits per heavy atom. The maximum absolute atomic E-state index is 12.9. The molecule has 0 aliphatic rings. The molecule has 0 unspecified atom stereocenters. The molecule has 0 saturated carbocycles. The van der Waals surface area contributed by atoms with Gasteiger partial charge < -0.3 is 24.4 Å². The SMILES string of the molecule is COc1cc(OC)nc(NC(=O)NS(=O)(=O)c2ncccc2C(F)(F)F)n1.O=C(O)CNCP(=O)(O)O. The molecular weight excluding hydrogens is 556 g/mol. The number of methoxy groups -OCH3 is 2. The van der Waals surface area contributed by atoms with Crippen molar-refractivity contribution >= 4 is 35.6 Å². The van der Waals surface area contributed by atoms with Crippen molar-refractivity contribution in [1.29, 1.82) is 0 Å². The minimum absolute atomic E-state index is 0.0101. The maximum atomic E-state index is 12.9. The Morgan fingerprint density at radius 2 is 1.70 bits per heavy atom. The molecule has 2 aromatic rings. The minimum atomic E-state index is -4.99. The van der Waals surface area contributed by atoms with Crippen molar-refractivity contribution in [3.05, 3.63) is 30.0 Å². The molecule has 6 N–H and O–H groups in total. The topological polar surface area (TPSA) is 239 Å². The van der Waals surface area contributed by atoms with Crippen LogP contribution in [0.4, 0.5) is 23.9 Å². The summed E-state index contributed by atoms with van der Waals surface area (Å²) >= 11 is 0. The highest BCUT2D eigenvalue weighted by Crippen LogP contribution is 2.33. The number of nitrogens with zero attached hydrogens (tertiary/aromatic N) is 3. The summed E-state index contributed by atoms with van der Waals surface area (Å²) in [5, 5.41) is 10.7. The van der Waals surface area contributed by atoms with Crippen molar-refractivity contribution in [3.8, 4) is 11.8 Å². The quantitative estimate of drug-likeness (QED) is 0.219. The van der Waals surface area contributed by atoms with E-state index in [0.717, 1.165) is 12.3 Å². The number of pyridine rings is 1. The number of carbonyl (C=O) groups is 2.